The van der Waals surface area contributed by atoms with Gasteiger partial charge in [0.1, 0.15) is 17.3 Å². The van der Waals surface area contributed by atoms with Crippen molar-refractivity contribution in [2.24, 2.45) is 0 Å². The minimum Gasteiger partial charge on any atom is -0.478 e. The van der Waals surface area contributed by atoms with Crippen LogP contribution in [0.2, 0.25) is 0 Å². The Morgan fingerprint density at radius 3 is 2.82 bits per heavy atom. The van der Waals surface area contributed by atoms with Gasteiger partial charge in [0.25, 0.3) is 0 Å². The molecule has 0 fully saturated rings. The number of carboxylic acid groups (broad SMARTS) is 1. The highest BCUT2D eigenvalue weighted by Gasteiger charge is 2.16. The van der Waals surface area contributed by atoms with Crippen molar-refractivity contribution in [2.75, 3.05) is 0 Å². The van der Waals surface area contributed by atoms with Gasteiger partial charge in [-0.1, -0.05) is 0 Å². The lowest BCUT2D eigenvalue weighted by Gasteiger charge is -2.04. The molecular formula is C16H10F2N2O2. The van der Waals surface area contributed by atoms with E-state index in [1.165, 1.54) is 6.08 Å². The molecule has 110 valence electrons. The summed E-state index contributed by atoms with van der Waals surface area (Å²) in [4.78, 5) is 18.5. The van der Waals surface area contributed by atoms with E-state index in [-0.39, 0.29) is 11.1 Å². The lowest BCUT2D eigenvalue weighted by molar-refractivity contribution is -0.130. The topological polar surface area (TPSA) is 66.0 Å². The normalized spacial score (nSPS) is 11.8. The third-order valence-electron chi connectivity index (χ3n) is 3.23. The Bertz CT molecular complexity index is 900. The summed E-state index contributed by atoms with van der Waals surface area (Å²) in [7, 11) is 0. The number of nitrogens with one attached hydrogen (secondary N) is 1. The van der Waals surface area contributed by atoms with E-state index in [1.54, 1.807) is 24.5 Å². The molecule has 2 N–H and O–H groups in total. The molecule has 0 aliphatic heterocycles. The van der Waals surface area contributed by atoms with Crippen molar-refractivity contribution in [2.45, 2.75) is 0 Å². The molecule has 2 aromatic heterocycles. The van der Waals surface area contributed by atoms with E-state index in [0.717, 1.165) is 12.1 Å². The standard InChI is InChI=1S/C16H10F2N2O2/c17-10-3-4-12(14(18)7-10)13(16(21)22)6-9-8-20-15-11(9)2-1-5-19-15/h1-8H,(H,19,20)(H,21,22). The number of halogens is 2. The number of aliphatic carboxylic acids is 1. The van der Waals surface area contributed by atoms with Gasteiger partial charge in [0, 0.05) is 35.0 Å². The second-order valence-corrected chi connectivity index (χ2v) is 4.63. The lowest BCUT2D eigenvalue weighted by Crippen LogP contribution is -2.02. The van der Waals surface area contributed by atoms with Gasteiger partial charge in [0.2, 0.25) is 0 Å². The fraction of sp³-hybridized carbons (Fsp3) is 0. The van der Waals surface area contributed by atoms with E-state index in [4.69, 9.17) is 0 Å². The van der Waals surface area contributed by atoms with Gasteiger partial charge < -0.3 is 10.1 Å². The Morgan fingerprint density at radius 1 is 1.27 bits per heavy atom. The summed E-state index contributed by atoms with van der Waals surface area (Å²) in [6.45, 7) is 0. The maximum atomic E-state index is 13.8. The molecule has 0 amide bonds. The number of benzene rings is 1. The molecule has 0 radical (unpaired) electrons. The molecule has 0 saturated heterocycles. The lowest BCUT2D eigenvalue weighted by atomic mass is 10.0. The molecule has 6 heteroatoms. The fourth-order valence-electron chi connectivity index (χ4n) is 2.21. The number of carbonyl (C=O) groups is 1. The average Bonchev–Trinajstić information content (AvgIpc) is 2.88. The second kappa shape index (κ2) is 5.40. The number of aromatic nitrogens is 2. The molecule has 0 bridgehead atoms. The van der Waals surface area contributed by atoms with Gasteiger partial charge in [-0.25, -0.2) is 18.6 Å². The van der Waals surface area contributed by atoms with Gasteiger partial charge in [0.05, 0.1) is 5.57 Å². The minimum absolute atomic E-state index is 0.174. The molecule has 0 saturated carbocycles. The third-order valence-corrected chi connectivity index (χ3v) is 3.23. The Morgan fingerprint density at radius 2 is 2.09 bits per heavy atom. The predicted molar refractivity (Wildman–Crippen MR) is 78.0 cm³/mol. The van der Waals surface area contributed by atoms with Gasteiger partial charge in [0.15, 0.2) is 0 Å². The zero-order valence-electron chi connectivity index (χ0n) is 11.2. The van der Waals surface area contributed by atoms with Gasteiger partial charge in [-0.2, -0.15) is 0 Å². The molecule has 0 spiro atoms. The van der Waals surface area contributed by atoms with E-state index in [1.807, 2.05) is 0 Å². The Hall–Kier alpha value is -3.02. The first-order valence-corrected chi connectivity index (χ1v) is 6.39. The summed E-state index contributed by atoms with van der Waals surface area (Å²) >= 11 is 0. The van der Waals surface area contributed by atoms with Crippen molar-refractivity contribution in [1.29, 1.82) is 0 Å². The summed E-state index contributed by atoms with van der Waals surface area (Å²) in [5, 5.41) is 10.0. The van der Waals surface area contributed by atoms with Crippen molar-refractivity contribution in [3.63, 3.8) is 0 Å². The summed E-state index contributed by atoms with van der Waals surface area (Å²) in [6, 6.07) is 6.27. The molecule has 0 aliphatic carbocycles. The van der Waals surface area contributed by atoms with Crippen LogP contribution in [-0.4, -0.2) is 21.0 Å². The summed E-state index contributed by atoms with van der Waals surface area (Å²) < 4.78 is 26.8. The number of nitrogens with zero attached hydrogens (tertiary/aromatic N) is 1. The first kappa shape index (κ1) is 13.9. The van der Waals surface area contributed by atoms with Crippen LogP contribution in [0.15, 0.2) is 42.7 Å². The van der Waals surface area contributed by atoms with Gasteiger partial charge in [-0.15, -0.1) is 0 Å². The molecule has 0 atom stereocenters. The molecule has 0 aliphatic rings. The zero-order valence-corrected chi connectivity index (χ0v) is 11.2. The SMILES string of the molecule is O=C(O)C(=Cc1c[nH]c2ncccc12)c1ccc(F)cc1F. The highest BCUT2D eigenvalue weighted by molar-refractivity contribution is 6.21. The van der Waals surface area contributed by atoms with Crippen molar-refractivity contribution in [1.82, 2.24) is 9.97 Å². The summed E-state index contributed by atoms with van der Waals surface area (Å²) in [5.74, 6) is -2.99. The van der Waals surface area contributed by atoms with Crippen LogP contribution in [0.25, 0.3) is 22.7 Å². The maximum absolute atomic E-state index is 13.8. The van der Waals surface area contributed by atoms with E-state index in [0.29, 0.717) is 22.7 Å². The predicted octanol–water partition coefficient (Wildman–Crippen LogP) is 3.47. The quantitative estimate of drug-likeness (QED) is 0.728. The molecule has 0 unspecified atom stereocenters. The maximum Gasteiger partial charge on any atom is 0.336 e. The van der Waals surface area contributed by atoms with Crippen LogP contribution in [0.3, 0.4) is 0 Å². The number of aromatic amines is 1. The minimum atomic E-state index is -1.30. The smallest absolute Gasteiger partial charge is 0.336 e. The first-order valence-electron chi connectivity index (χ1n) is 6.39. The third kappa shape index (κ3) is 2.46. The van der Waals surface area contributed by atoms with E-state index in [2.05, 4.69) is 9.97 Å². The molecule has 1 aromatic carbocycles. The van der Waals surface area contributed by atoms with Gasteiger partial charge in [-0.3, -0.25) is 0 Å². The Balaban J connectivity index is 2.17. The number of carboxylic acids is 1. The number of H-pyrrole nitrogens is 1. The number of hydrogen-bond donors (Lipinski definition) is 2. The number of pyridine rings is 1. The van der Waals surface area contributed by atoms with Gasteiger partial charge >= 0.3 is 5.97 Å². The largest absolute Gasteiger partial charge is 0.478 e. The van der Waals surface area contributed by atoms with Crippen LogP contribution in [-0.2, 0) is 4.79 Å². The number of rotatable bonds is 3. The fourth-order valence-corrected chi connectivity index (χ4v) is 2.21. The van der Waals surface area contributed by atoms with Crippen molar-refractivity contribution >= 4 is 28.7 Å². The van der Waals surface area contributed by atoms with Crippen molar-refractivity contribution < 1.29 is 18.7 Å². The zero-order chi connectivity index (χ0) is 15.7. The molecule has 22 heavy (non-hydrogen) atoms. The van der Waals surface area contributed by atoms with Crippen molar-refractivity contribution in [3.05, 3.63) is 65.5 Å². The van der Waals surface area contributed by atoms with E-state index >= 15 is 0 Å². The van der Waals surface area contributed by atoms with Crippen LogP contribution in [0.1, 0.15) is 11.1 Å². The molecule has 3 aromatic rings. The highest BCUT2D eigenvalue weighted by Crippen LogP contribution is 2.25. The summed E-state index contributed by atoms with van der Waals surface area (Å²) in [5.41, 5.74) is 0.719. The Kier molecular flexibility index (Phi) is 3.42. The van der Waals surface area contributed by atoms with Gasteiger partial charge in [-0.05, 0) is 30.3 Å². The first-order chi connectivity index (χ1) is 10.6. The average molecular weight is 300 g/mol. The van der Waals surface area contributed by atoms with Crippen molar-refractivity contribution in [3.8, 4) is 0 Å². The monoisotopic (exact) mass is 300 g/mol. The second-order valence-electron chi connectivity index (χ2n) is 4.63. The molecule has 3 rings (SSSR count). The molecule has 4 nitrogen and oxygen atoms in total. The van der Waals surface area contributed by atoms with E-state index < -0.39 is 17.6 Å². The van der Waals surface area contributed by atoms with Crippen LogP contribution in [0.4, 0.5) is 8.78 Å². The van der Waals surface area contributed by atoms with Crippen LogP contribution in [0, 0.1) is 11.6 Å². The molecular weight excluding hydrogens is 290 g/mol. The highest BCUT2D eigenvalue weighted by atomic mass is 19.1. The van der Waals surface area contributed by atoms with E-state index in [9.17, 15) is 18.7 Å². The molecule has 2 heterocycles. The number of fused-ring (bicyclic) bond motifs is 1. The van der Waals surface area contributed by atoms with Crippen LogP contribution in [0.5, 0.6) is 0 Å². The number of hydrogen-bond acceptors (Lipinski definition) is 2. The van der Waals surface area contributed by atoms with Crippen LogP contribution < -0.4 is 0 Å². The van der Waals surface area contributed by atoms with Crippen LogP contribution >= 0.6 is 0 Å². The summed E-state index contributed by atoms with van der Waals surface area (Å²) in [6.07, 6.45) is 4.52. The Labute approximate surface area is 123 Å².